The smallest absolute Gasteiger partial charge is 0.146 e. The SMILES string of the molecule is CO.Cc1ccc2nonc2c1C1=NCCN1. The predicted molar refractivity (Wildman–Crippen MR) is 64.1 cm³/mol. The molecule has 0 amide bonds. The van der Waals surface area contributed by atoms with Crippen LogP contribution in [0.1, 0.15) is 11.1 Å². The number of hydrogen-bond donors (Lipinski definition) is 2. The van der Waals surface area contributed by atoms with E-state index in [1.54, 1.807) is 0 Å². The van der Waals surface area contributed by atoms with Crippen molar-refractivity contribution in [3.63, 3.8) is 0 Å². The molecule has 1 aliphatic rings. The number of fused-ring (bicyclic) bond motifs is 1. The molecule has 6 heteroatoms. The number of nitrogens with zero attached hydrogens (tertiary/aromatic N) is 3. The fraction of sp³-hybridized carbons (Fsp3) is 0.364. The molecule has 0 unspecified atom stereocenters. The second-order valence-corrected chi connectivity index (χ2v) is 3.55. The van der Waals surface area contributed by atoms with Gasteiger partial charge >= 0.3 is 0 Å². The standard InChI is InChI=1S/C10H10N4O.CH4O/c1-6-2-3-7-9(14-15-13-7)8(6)10-11-4-5-12-10;1-2/h2-3H,4-5H2,1H3,(H,11,12);2H,1H3. The molecule has 2 heterocycles. The van der Waals surface area contributed by atoms with E-state index in [4.69, 9.17) is 9.74 Å². The molecule has 90 valence electrons. The summed E-state index contributed by atoms with van der Waals surface area (Å²) in [6.07, 6.45) is 0. The second kappa shape index (κ2) is 4.92. The van der Waals surface area contributed by atoms with Crippen LogP contribution in [0, 0.1) is 6.92 Å². The number of aliphatic imine (C=N–C) groups is 1. The predicted octanol–water partition coefficient (Wildman–Crippen LogP) is 0.490. The van der Waals surface area contributed by atoms with Gasteiger partial charge in [-0.15, -0.1) is 0 Å². The van der Waals surface area contributed by atoms with E-state index in [-0.39, 0.29) is 0 Å². The minimum atomic E-state index is 0.770. The first kappa shape index (κ1) is 11.5. The molecular formula is C11H14N4O2. The van der Waals surface area contributed by atoms with Gasteiger partial charge in [0.1, 0.15) is 16.9 Å². The lowest BCUT2D eigenvalue weighted by molar-refractivity contribution is 0.315. The van der Waals surface area contributed by atoms with Gasteiger partial charge in [0.15, 0.2) is 0 Å². The zero-order chi connectivity index (χ0) is 12.3. The molecule has 0 atom stereocenters. The summed E-state index contributed by atoms with van der Waals surface area (Å²) in [4.78, 5) is 4.39. The van der Waals surface area contributed by atoms with E-state index in [9.17, 15) is 0 Å². The highest BCUT2D eigenvalue weighted by Crippen LogP contribution is 2.20. The van der Waals surface area contributed by atoms with Crippen molar-refractivity contribution in [2.24, 2.45) is 4.99 Å². The first-order chi connectivity index (χ1) is 8.36. The number of hydrogen-bond acceptors (Lipinski definition) is 6. The van der Waals surface area contributed by atoms with Crippen LogP contribution in [-0.2, 0) is 0 Å². The van der Waals surface area contributed by atoms with Crippen LogP contribution >= 0.6 is 0 Å². The molecule has 0 saturated heterocycles. The lowest BCUT2D eigenvalue weighted by Crippen LogP contribution is -2.20. The Balaban J connectivity index is 0.000000514. The minimum absolute atomic E-state index is 0.770. The quantitative estimate of drug-likeness (QED) is 0.750. The Labute approximate surface area is 98.3 Å². The topological polar surface area (TPSA) is 83.5 Å². The molecular weight excluding hydrogens is 220 g/mol. The van der Waals surface area contributed by atoms with Crippen molar-refractivity contribution in [1.29, 1.82) is 0 Å². The summed E-state index contributed by atoms with van der Waals surface area (Å²) < 4.78 is 4.74. The van der Waals surface area contributed by atoms with E-state index in [0.29, 0.717) is 0 Å². The largest absolute Gasteiger partial charge is 0.400 e. The Bertz CT molecular complexity index is 547. The van der Waals surface area contributed by atoms with Crippen molar-refractivity contribution in [2.75, 3.05) is 20.2 Å². The van der Waals surface area contributed by atoms with Crippen molar-refractivity contribution in [2.45, 2.75) is 6.92 Å². The van der Waals surface area contributed by atoms with Gasteiger partial charge in [-0.25, -0.2) is 4.63 Å². The van der Waals surface area contributed by atoms with E-state index >= 15 is 0 Å². The average molecular weight is 234 g/mol. The van der Waals surface area contributed by atoms with Crippen LogP contribution < -0.4 is 5.32 Å². The monoisotopic (exact) mass is 234 g/mol. The number of aryl methyl sites for hydroxylation is 1. The Kier molecular flexibility index (Phi) is 3.34. The van der Waals surface area contributed by atoms with Crippen LogP contribution in [0.3, 0.4) is 0 Å². The third-order valence-electron chi connectivity index (χ3n) is 2.55. The number of benzene rings is 1. The fourth-order valence-electron chi connectivity index (χ4n) is 1.82. The third kappa shape index (κ3) is 1.99. The van der Waals surface area contributed by atoms with Crippen LogP contribution in [0.4, 0.5) is 0 Å². The molecule has 1 aliphatic heterocycles. The number of aliphatic hydroxyl groups is 1. The van der Waals surface area contributed by atoms with Gasteiger partial charge in [-0.05, 0) is 28.9 Å². The normalized spacial score (nSPS) is 13.9. The maximum Gasteiger partial charge on any atom is 0.146 e. The highest BCUT2D eigenvalue weighted by Gasteiger charge is 2.17. The third-order valence-corrected chi connectivity index (χ3v) is 2.55. The number of aromatic nitrogens is 2. The van der Waals surface area contributed by atoms with Crippen molar-refractivity contribution < 1.29 is 9.74 Å². The van der Waals surface area contributed by atoms with Gasteiger partial charge in [0.05, 0.1) is 12.1 Å². The molecule has 0 radical (unpaired) electrons. The van der Waals surface area contributed by atoms with Crippen molar-refractivity contribution in [3.05, 3.63) is 23.3 Å². The van der Waals surface area contributed by atoms with Crippen molar-refractivity contribution in [3.8, 4) is 0 Å². The Morgan fingerprint density at radius 1 is 1.29 bits per heavy atom. The summed E-state index contributed by atoms with van der Waals surface area (Å²) in [5.41, 5.74) is 3.69. The van der Waals surface area contributed by atoms with Gasteiger partial charge < -0.3 is 10.4 Å². The molecule has 0 fully saturated rings. The molecule has 1 aromatic carbocycles. The zero-order valence-corrected chi connectivity index (χ0v) is 9.77. The van der Waals surface area contributed by atoms with E-state index in [2.05, 4.69) is 20.6 Å². The van der Waals surface area contributed by atoms with Crippen molar-refractivity contribution in [1.82, 2.24) is 15.6 Å². The van der Waals surface area contributed by atoms with Crippen LogP contribution in [-0.4, -0.2) is 41.5 Å². The first-order valence-corrected chi connectivity index (χ1v) is 5.31. The Morgan fingerprint density at radius 3 is 2.82 bits per heavy atom. The number of aliphatic hydroxyl groups excluding tert-OH is 1. The van der Waals surface area contributed by atoms with Gasteiger partial charge in [-0.2, -0.15) is 0 Å². The molecule has 0 bridgehead atoms. The lowest BCUT2D eigenvalue weighted by atomic mass is 10.1. The molecule has 2 N–H and O–H groups in total. The highest BCUT2D eigenvalue weighted by molar-refractivity contribution is 6.09. The van der Waals surface area contributed by atoms with E-state index in [0.717, 1.165) is 48.2 Å². The van der Waals surface area contributed by atoms with E-state index in [1.165, 1.54) is 0 Å². The maximum absolute atomic E-state index is 7.00. The molecule has 17 heavy (non-hydrogen) atoms. The lowest BCUT2D eigenvalue weighted by Gasteiger charge is -2.05. The fourth-order valence-corrected chi connectivity index (χ4v) is 1.82. The molecule has 6 nitrogen and oxygen atoms in total. The average Bonchev–Trinajstić information content (AvgIpc) is 3.01. The summed E-state index contributed by atoms with van der Waals surface area (Å²) in [6, 6.07) is 3.91. The Hall–Kier alpha value is -1.95. The first-order valence-electron chi connectivity index (χ1n) is 5.31. The second-order valence-electron chi connectivity index (χ2n) is 3.55. The number of rotatable bonds is 1. The van der Waals surface area contributed by atoms with E-state index < -0.39 is 0 Å². The van der Waals surface area contributed by atoms with Crippen molar-refractivity contribution >= 4 is 16.9 Å². The van der Waals surface area contributed by atoms with Gasteiger partial charge in [-0.1, -0.05) is 6.07 Å². The molecule has 0 saturated carbocycles. The summed E-state index contributed by atoms with van der Waals surface area (Å²) in [7, 11) is 1.00. The summed E-state index contributed by atoms with van der Waals surface area (Å²) in [5.74, 6) is 0.897. The van der Waals surface area contributed by atoms with Crippen LogP contribution in [0.15, 0.2) is 21.8 Å². The summed E-state index contributed by atoms with van der Waals surface area (Å²) >= 11 is 0. The molecule has 0 aliphatic carbocycles. The molecule has 0 spiro atoms. The molecule has 2 aromatic rings. The number of nitrogens with one attached hydrogen (secondary N) is 1. The van der Waals surface area contributed by atoms with E-state index in [1.807, 2.05) is 19.1 Å². The summed E-state index contributed by atoms with van der Waals surface area (Å²) in [5, 5.41) is 18.0. The summed E-state index contributed by atoms with van der Waals surface area (Å²) in [6.45, 7) is 3.73. The van der Waals surface area contributed by atoms with Crippen LogP contribution in [0.2, 0.25) is 0 Å². The highest BCUT2D eigenvalue weighted by atomic mass is 16.6. The van der Waals surface area contributed by atoms with Gasteiger partial charge in [-0.3, -0.25) is 4.99 Å². The van der Waals surface area contributed by atoms with Crippen LogP contribution in [0.5, 0.6) is 0 Å². The zero-order valence-electron chi connectivity index (χ0n) is 9.77. The maximum atomic E-state index is 7.00. The van der Waals surface area contributed by atoms with Gasteiger partial charge in [0, 0.05) is 13.7 Å². The number of amidine groups is 1. The van der Waals surface area contributed by atoms with Crippen LogP contribution in [0.25, 0.3) is 11.0 Å². The Morgan fingerprint density at radius 2 is 2.12 bits per heavy atom. The molecule has 3 rings (SSSR count). The van der Waals surface area contributed by atoms with Gasteiger partial charge in [0.25, 0.3) is 0 Å². The molecule has 1 aromatic heterocycles. The minimum Gasteiger partial charge on any atom is -0.400 e. The van der Waals surface area contributed by atoms with Gasteiger partial charge in [0.2, 0.25) is 0 Å².